The minimum absolute atomic E-state index is 0.210. The number of benzene rings is 1. The maximum Gasteiger partial charge on any atom is 0.351 e. The lowest BCUT2D eigenvalue weighted by Gasteiger charge is -2.30. The number of hydrogen-bond acceptors (Lipinski definition) is 8. The lowest BCUT2D eigenvalue weighted by molar-refractivity contribution is -0.163. The molecule has 0 aliphatic carbocycles. The monoisotopic (exact) mass is 468 g/mol. The van der Waals surface area contributed by atoms with Crippen LogP contribution in [0.1, 0.15) is 29.1 Å². The molecule has 0 fully saturated rings. The number of ether oxygens (including phenoxy) is 3. The molecule has 0 bridgehead atoms. The molecule has 9 heteroatoms. The van der Waals surface area contributed by atoms with Crippen LogP contribution in [0.5, 0.6) is 11.5 Å². The minimum Gasteiger partial charge on any atom is -0.482 e. The number of amides is 1. The zero-order chi connectivity index (χ0) is 22.1. The van der Waals surface area contributed by atoms with E-state index in [4.69, 9.17) is 14.2 Å². The van der Waals surface area contributed by atoms with Gasteiger partial charge in [0.15, 0.2) is 18.1 Å². The number of carbonyl (C=O) groups is 2. The zero-order valence-electron chi connectivity index (χ0n) is 17.2. The standard InChI is InChI=1S/C23H20N2O5S2/c1-14-22(30-18-7-3-2-6-17(18)29-14)23(27)28-13-21(26)25-16(20-9-5-11-32-20)12-15(24-25)19-8-4-10-31-19/h2-11,14,16,22H,12-13H2,1H3. The van der Waals surface area contributed by atoms with E-state index in [0.717, 1.165) is 15.5 Å². The molecule has 164 valence electrons. The summed E-state index contributed by atoms with van der Waals surface area (Å²) in [5.41, 5.74) is 0.854. The summed E-state index contributed by atoms with van der Waals surface area (Å²) in [6, 6.07) is 14.8. The van der Waals surface area contributed by atoms with Crippen molar-refractivity contribution in [1.82, 2.24) is 5.01 Å². The fraction of sp³-hybridized carbons (Fsp3) is 0.261. The van der Waals surface area contributed by atoms with Crippen LogP contribution in [0, 0.1) is 0 Å². The van der Waals surface area contributed by atoms with Crippen molar-refractivity contribution in [3.63, 3.8) is 0 Å². The van der Waals surface area contributed by atoms with Gasteiger partial charge in [0.2, 0.25) is 6.10 Å². The number of nitrogens with zero attached hydrogens (tertiary/aromatic N) is 2. The van der Waals surface area contributed by atoms with Crippen molar-refractivity contribution in [3.05, 3.63) is 69.0 Å². The highest BCUT2D eigenvalue weighted by Crippen LogP contribution is 2.36. The molecule has 3 atom stereocenters. The van der Waals surface area contributed by atoms with E-state index in [-0.39, 0.29) is 11.9 Å². The number of esters is 1. The molecule has 0 radical (unpaired) electrons. The van der Waals surface area contributed by atoms with Crippen LogP contribution >= 0.6 is 22.7 Å². The number of thiophene rings is 2. The molecule has 1 amide bonds. The van der Waals surface area contributed by atoms with Crippen molar-refractivity contribution in [2.75, 3.05) is 6.61 Å². The third-order valence-electron chi connectivity index (χ3n) is 5.26. The third kappa shape index (κ3) is 4.01. The quantitative estimate of drug-likeness (QED) is 0.523. The second-order valence-electron chi connectivity index (χ2n) is 7.41. The number of hydrogen-bond donors (Lipinski definition) is 0. The van der Waals surface area contributed by atoms with Gasteiger partial charge in [-0.3, -0.25) is 4.79 Å². The Hall–Kier alpha value is -3.17. The van der Waals surface area contributed by atoms with Crippen molar-refractivity contribution < 1.29 is 23.8 Å². The van der Waals surface area contributed by atoms with Crippen LogP contribution in [0.2, 0.25) is 0 Å². The summed E-state index contributed by atoms with van der Waals surface area (Å²) in [5, 5.41) is 9.96. The third-order valence-corrected chi connectivity index (χ3v) is 7.15. The number of fused-ring (bicyclic) bond motifs is 1. The van der Waals surface area contributed by atoms with E-state index in [0.29, 0.717) is 17.9 Å². The fourth-order valence-electron chi connectivity index (χ4n) is 3.69. The molecule has 1 aromatic carbocycles. The summed E-state index contributed by atoms with van der Waals surface area (Å²) in [4.78, 5) is 27.7. The SMILES string of the molecule is CC1Oc2ccccc2OC1C(=O)OCC(=O)N1N=C(c2cccs2)CC1c1cccs1. The van der Waals surface area contributed by atoms with E-state index in [9.17, 15) is 9.59 Å². The Labute approximate surface area is 192 Å². The van der Waals surface area contributed by atoms with Gasteiger partial charge in [0.25, 0.3) is 5.91 Å². The van der Waals surface area contributed by atoms with E-state index in [2.05, 4.69) is 5.10 Å². The van der Waals surface area contributed by atoms with Gasteiger partial charge in [0, 0.05) is 11.3 Å². The molecule has 0 spiro atoms. The van der Waals surface area contributed by atoms with Crippen LogP contribution < -0.4 is 9.47 Å². The van der Waals surface area contributed by atoms with Gasteiger partial charge in [-0.05, 0) is 41.9 Å². The molecule has 4 heterocycles. The van der Waals surface area contributed by atoms with Gasteiger partial charge in [-0.25, -0.2) is 9.80 Å². The molecular weight excluding hydrogens is 448 g/mol. The van der Waals surface area contributed by atoms with Gasteiger partial charge < -0.3 is 14.2 Å². The van der Waals surface area contributed by atoms with Crippen LogP contribution in [0.15, 0.2) is 64.4 Å². The summed E-state index contributed by atoms with van der Waals surface area (Å²) in [7, 11) is 0. The van der Waals surface area contributed by atoms with Crippen LogP contribution in [0.3, 0.4) is 0 Å². The van der Waals surface area contributed by atoms with Crippen molar-refractivity contribution in [3.8, 4) is 11.5 Å². The van der Waals surface area contributed by atoms with Crippen LogP contribution in [-0.4, -0.2) is 41.4 Å². The molecule has 32 heavy (non-hydrogen) atoms. The molecule has 7 nitrogen and oxygen atoms in total. The first-order chi connectivity index (χ1) is 15.6. The van der Waals surface area contributed by atoms with Gasteiger partial charge in [-0.1, -0.05) is 24.3 Å². The second-order valence-corrected chi connectivity index (χ2v) is 9.34. The molecule has 0 N–H and O–H groups in total. The van der Waals surface area contributed by atoms with Gasteiger partial charge >= 0.3 is 5.97 Å². The molecule has 2 aliphatic rings. The van der Waals surface area contributed by atoms with Crippen LogP contribution in [0.25, 0.3) is 0 Å². The lowest BCUT2D eigenvalue weighted by Crippen LogP contribution is -2.45. The molecule has 3 unspecified atom stereocenters. The smallest absolute Gasteiger partial charge is 0.351 e. The van der Waals surface area contributed by atoms with Crippen LogP contribution in [-0.2, 0) is 14.3 Å². The molecular formula is C23H20N2O5S2. The number of para-hydroxylation sites is 2. The van der Waals surface area contributed by atoms with E-state index in [1.807, 2.05) is 41.1 Å². The Morgan fingerprint density at radius 1 is 1.06 bits per heavy atom. The number of hydrazone groups is 1. The Morgan fingerprint density at radius 2 is 1.81 bits per heavy atom. The average Bonchev–Trinajstić information content (AvgIpc) is 3.57. The molecule has 0 saturated carbocycles. The van der Waals surface area contributed by atoms with Gasteiger partial charge in [-0.15, -0.1) is 22.7 Å². The van der Waals surface area contributed by atoms with E-state index in [1.165, 1.54) is 5.01 Å². The van der Waals surface area contributed by atoms with Crippen molar-refractivity contribution in [2.24, 2.45) is 5.10 Å². The average molecular weight is 469 g/mol. The Morgan fingerprint density at radius 3 is 2.53 bits per heavy atom. The second kappa shape index (κ2) is 8.76. The summed E-state index contributed by atoms with van der Waals surface area (Å²) < 4.78 is 16.8. The topological polar surface area (TPSA) is 77.4 Å². The highest BCUT2D eigenvalue weighted by molar-refractivity contribution is 7.12. The highest BCUT2D eigenvalue weighted by atomic mass is 32.1. The zero-order valence-corrected chi connectivity index (χ0v) is 18.8. The van der Waals surface area contributed by atoms with Gasteiger partial charge in [0.1, 0.15) is 6.10 Å². The highest BCUT2D eigenvalue weighted by Gasteiger charge is 2.38. The van der Waals surface area contributed by atoms with Crippen molar-refractivity contribution in [1.29, 1.82) is 0 Å². The summed E-state index contributed by atoms with van der Waals surface area (Å²) >= 11 is 3.16. The predicted octanol–water partition coefficient (Wildman–Crippen LogP) is 4.26. The first kappa shape index (κ1) is 20.7. The van der Waals surface area contributed by atoms with Crippen molar-refractivity contribution >= 4 is 40.3 Å². The lowest BCUT2D eigenvalue weighted by atomic mass is 10.1. The number of carbonyl (C=O) groups excluding carboxylic acids is 2. The summed E-state index contributed by atoms with van der Waals surface area (Å²) in [6.45, 7) is 1.31. The largest absolute Gasteiger partial charge is 0.482 e. The maximum absolute atomic E-state index is 13.0. The first-order valence-electron chi connectivity index (χ1n) is 10.2. The van der Waals surface area contributed by atoms with E-state index >= 15 is 0 Å². The molecule has 3 aromatic rings. The Kier molecular flexibility index (Phi) is 5.67. The van der Waals surface area contributed by atoms with Gasteiger partial charge in [-0.2, -0.15) is 5.10 Å². The molecule has 5 rings (SSSR count). The Balaban J connectivity index is 1.27. The fourth-order valence-corrected chi connectivity index (χ4v) is 5.23. The number of rotatable bonds is 5. The maximum atomic E-state index is 13.0. The molecule has 2 aromatic heterocycles. The summed E-state index contributed by atoms with van der Waals surface area (Å²) in [6.07, 6.45) is -0.871. The predicted molar refractivity (Wildman–Crippen MR) is 121 cm³/mol. The van der Waals surface area contributed by atoms with E-state index < -0.39 is 24.8 Å². The minimum atomic E-state index is -0.949. The first-order valence-corrected chi connectivity index (χ1v) is 11.9. The van der Waals surface area contributed by atoms with Gasteiger partial charge in [0.05, 0.1) is 16.6 Å². The summed E-state index contributed by atoms with van der Waals surface area (Å²) in [5.74, 6) is 0.0237. The van der Waals surface area contributed by atoms with Crippen LogP contribution in [0.4, 0.5) is 0 Å². The molecule has 2 aliphatic heterocycles. The Bertz CT molecular complexity index is 1140. The normalized spacial score (nSPS) is 21.8. The van der Waals surface area contributed by atoms with Crippen molar-refractivity contribution in [2.45, 2.75) is 31.6 Å². The van der Waals surface area contributed by atoms with E-state index in [1.54, 1.807) is 47.8 Å². The molecule has 0 saturated heterocycles.